The number of halogens is 2. The molecule has 1 aliphatic rings. The van der Waals surface area contributed by atoms with E-state index in [1.54, 1.807) is 24.0 Å². The number of hydrogen-bond acceptors (Lipinski definition) is 3. The number of carbonyl (C=O) groups excluding carboxylic acids is 2. The maximum atomic E-state index is 13.1. The summed E-state index contributed by atoms with van der Waals surface area (Å²) in [5.41, 5.74) is 0.948. The molecule has 7 heteroatoms. The summed E-state index contributed by atoms with van der Waals surface area (Å²) in [6.07, 6.45) is 5.51. The second-order valence-corrected chi connectivity index (χ2v) is 9.75. The molecule has 1 atom stereocenters. The zero-order valence-corrected chi connectivity index (χ0v) is 20.8. The van der Waals surface area contributed by atoms with Gasteiger partial charge in [-0.3, -0.25) is 9.59 Å². The lowest BCUT2D eigenvalue weighted by atomic mass is 9.95. The van der Waals surface area contributed by atoms with Crippen molar-refractivity contribution in [3.63, 3.8) is 0 Å². The average Bonchev–Trinajstić information content (AvgIpc) is 2.77. The summed E-state index contributed by atoms with van der Waals surface area (Å²) in [6.45, 7) is 1.99. The van der Waals surface area contributed by atoms with E-state index in [9.17, 15) is 9.59 Å². The largest absolute Gasteiger partial charge is 0.484 e. The van der Waals surface area contributed by atoms with E-state index in [-0.39, 0.29) is 24.5 Å². The normalized spacial score (nSPS) is 15.2. The molecule has 0 bridgehead atoms. The molecule has 0 spiro atoms. The van der Waals surface area contributed by atoms with Gasteiger partial charge in [0.1, 0.15) is 11.8 Å². The molecule has 0 aliphatic heterocycles. The monoisotopic (exact) mass is 550 g/mol. The number of rotatable bonds is 8. The van der Waals surface area contributed by atoms with Gasteiger partial charge in [-0.05, 0) is 61.7 Å². The fourth-order valence-corrected chi connectivity index (χ4v) is 4.45. The van der Waals surface area contributed by atoms with Gasteiger partial charge in [0.15, 0.2) is 6.61 Å². The van der Waals surface area contributed by atoms with Gasteiger partial charge in [0, 0.05) is 21.5 Å². The molecule has 0 saturated heterocycles. The first kappa shape index (κ1) is 23.8. The Morgan fingerprint density at radius 2 is 1.77 bits per heavy atom. The van der Waals surface area contributed by atoms with Gasteiger partial charge >= 0.3 is 0 Å². The molecule has 2 amide bonds. The summed E-state index contributed by atoms with van der Waals surface area (Å²) in [6, 6.07) is 14.7. The van der Waals surface area contributed by atoms with Crippen LogP contribution in [0.2, 0.25) is 0 Å². The van der Waals surface area contributed by atoms with Crippen molar-refractivity contribution in [3.8, 4) is 5.75 Å². The Bertz CT molecular complexity index is 883. The third-order valence-electron chi connectivity index (χ3n) is 5.54. The maximum absolute atomic E-state index is 13.1. The first-order chi connectivity index (χ1) is 14.9. The number of hydrogen-bond donors (Lipinski definition) is 1. The van der Waals surface area contributed by atoms with Crippen molar-refractivity contribution in [3.05, 3.63) is 63.0 Å². The van der Waals surface area contributed by atoms with Crippen LogP contribution in [0.1, 0.15) is 44.6 Å². The first-order valence-corrected chi connectivity index (χ1v) is 12.2. The molecule has 0 heterocycles. The number of amides is 2. The lowest BCUT2D eigenvalue weighted by Crippen LogP contribution is -2.51. The summed E-state index contributed by atoms with van der Waals surface area (Å²) >= 11 is 6.86. The van der Waals surface area contributed by atoms with Crippen molar-refractivity contribution in [1.29, 1.82) is 0 Å². The second kappa shape index (κ2) is 11.7. The first-order valence-electron chi connectivity index (χ1n) is 10.6. The van der Waals surface area contributed by atoms with E-state index in [1.807, 2.05) is 36.4 Å². The molecular weight excluding hydrogens is 524 g/mol. The SMILES string of the molecule is CC(C(=O)NC1CCCCC1)N(Cc1cccc(Br)c1)C(=O)COc1ccc(Br)cc1. The maximum Gasteiger partial charge on any atom is 0.261 e. The molecule has 1 fully saturated rings. The number of benzene rings is 2. The van der Waals surface area contributed by atoms with Crippen LogP contribution < -0.4 is 10.1 Å². The minimum Gasteiger partial charge on any atom is -0.484 e. The fourth-order valence-electron chi connectivity index (χ4n) is 3.74. The van der Waals surface area contributed by atoms with Crippen LogP contribution in [0.5, 0.6) is 5.75 Å². The van der Waals surface area contributed by atoms with Crippen LogP contribution >= 0.6 is 31.9 Å². The second-order valence-electron chi connectivity index (χ2n) is 7.91. The van der Waals surface area contributed by atoms with Gasteiger partial charge in [-0.2, -0.15) is 0 Å². The Morgan fingerprint density at radius 1 is 1.06 bits per heavy atom. The highest BCUT2D eigenvalue weighted by Gasteiger charge is 2.28. The molecular formula is C24H28Br2N2O3. The molecule has 5 nitrogen and oxygen atoms in total. The number of nitrogens with zero attached hydrogens (tertiary/aromatic N) is 1. The lowest BCUT2D eigenvalue weighted by Gasteiger charge is -2.31. The van der Waals surface area contributed by atoms with Crippen molar-refractivity contribution in [2.45, 2.75) is 57.7 Å². The minimum atomic E-state index is -0.595. The van der Waals surface area contributed by atoms with E-state index < -0.39 is 6.04 Å². The van der Waals surface area contributed by atoms with Crippen LogP contribution in [0.15, 0.2) is 57.5 Å². The van der Waals surface area contributed by atoms with Gasteiger partial charge in [-0.1, -0.05) is 63.3 Å². The molecule has 3 rings (SSSR count). The zero-order valence-electron chi connectivity index (χ0n) is 17.7. The quantitative estimate of drug-likeness (QED) is 0.474. The molecule has 1 saturated carbocycles. The van der Waals surface area contributed by atoms with Crippen LogP contribution in [0.3, 0.4) is 0 Å². The molecule has 2 aromatic rings. The standard InChI is InChI=1S/C24H28Br2N2O3/c1-17(24(30)27-21-8-3-2-4-9-21)28(15-18-6-5-7-20(26)14-18)23(29)16-31-22-12-10-19(25)11-13-22/h5-7,10-14,17,21H,2-4,8-9,15-16H2,1H3,(H,27,30). The van der Waals surface area contributed by atoms with E-state index >= 15 is 0 Å². The third-order valence-corrected chi connectivity index (χ3v) is 6.56. The van der Waals surface area contributed by atoms with Crippen molar-refractivity contribution < 1.29 is 14.3 Å². The minimum absolute atomic E-state index is 0.112. The molecule has 0 aromatic heterocycles. The van der Waals surface area contributed by atoms with Gasteiger partial charge in [0.05, 0.1) is 0 Å². The lowest BCUT2D eigenvalue weighted by molar-refractivity contribution is -0.142. The molecule has 166 valence electrons. The Kier molecular flexibility index (Phi) is 8.96. The van der Waals surface area contributed by atoms with Gasteiger partial charge < -0.3 is 15.0 Å². The van der Waals surface area contributed by atoms with Gasteiger partial charge in [0.25, 0.3) is 5.91 Å². The number of nitrogens with one attached hydrogen (secondary N) is 1. The zero-order chi connectivity index (χ0) is 22.2. The summed E-state index contributed by atoms with van der Waals surface area (Å²) in [7, 11) is 0. The van der Waals surface area contributed by atoms with E-state index in [0.717, 1.165) is 40.2 Å². The van der Waals surface area contributed by atoms with Crippen LogP contribution in [-0.2, 0) is 16.1 Å². The van der Waals surface area contributed by atoms with Gasteiger partial charge in [-0.15, -0.1) is 0 Å². The smallest absolute Gasteiger partial charge is 0.261 e. The van der Waals surface area contributed by atoms with E-state index in [1.165, 1.54) is 6.42 Å². The predicted molar refractivity (Wildman–Crippen MR) is 129 cm³/mol. The number of ether oxygens (including phenoxy) is 1. The highest BCUT2D eigenvalue weighted by molar-refractivity contribution is 9.10. The van der Waals surface area contributed by atoms with E-state index in [2.05, 4.69) is 37.2 Å². The average molecular weight is 552 g/mol. The van der Waals surface area contributed by atoms with Crippen LogP contribution in [0.25, 0.3) is 0 Å². The summed E-state index contributed by atoms with van der Waals surface area (Å²) in [5, 5.41) is 3.14. The Balaban J connectivity index is 1.70. The van der Waals surface area contributed by atoms with Crippen LogP contribution in [0.4, 0.5) is 0 Å². The van der Waals surface area contributed by atoms with Crippen molar-refractivity contribution in [2.75, 3.05) is 6.61 Å². The summed E-state index contributed by atoms with van der Waals surface area (Å²) in [5.74, 6) is 0.270. The van der Waals surface area contributed by atoms with Gasteiger partial charge in [-0.25, -0.2) is 0 Å². The summed E-state index contributed by atoms with van der Waals surface area (Å²) < 4.78 is 7.57. The molecule has 1 aliphatic carbocycles. The van der Waals surface area contributed by atoms with E-state index in [0.29, 0.717) is 12.3 Å². The van der Waals surface area contributed by atoms with Crippen molar-refractivity contribution >= 4 is 43.7 Å². The molecule has 1 N–H and O–H groups in total. The molecule has 1 unspecified atom stereocenters. The topological polar surface area (TPSA) is 58.6 Å². The highest BCUT2D eigenvalue weighted by Crippen LogP contribution is 2.20. The number of carbonyl (C=O) groups is 2. The van der Waals surface area contributed by atoms with Gasteiger partial charge in [0.2, 0.25) is 5.91 Å². The Hall–Kier alpha value is -1.86. The predicted octanol–water partition coefficient (Wildman–Crippen LogP) is 5.46. The molecule has 2 aromatic carbocycles. The summed E-state index contributed by atoms with van der Waals surface area (Å²) in [4.78, 5) is 27.7. The molecule has 31 heavy (non-hydrogen) atoms. The Morgan fingerprint density at radius 3 is 2.45 bits per heavy atom. The Labute approximate surface area is 200 Å². The van der Waals surface area contributed by atoms with Crippen LogP contribution in [0, 0.1) is 0 Å². The van der Waals surface area contributed by atoms with E-state index in [4.69, 9.17) is 4.74 Å². The third kappa shape index (κ3) is 7.35. The van der Waals surface area contributed by atoms with Crippen LogP contribution in [-0.4, -0.2) is 35.4 Å². The highest BCUT2D eigenvalue weighted by atomic mass is 79.9. The van der Waals surface area contributed by atoms with Crippen molar-refractivity contribution in [1.82, 2.24) is 10.2 Å². The molecule has 0 radical (unpaired) electrons. The fraction of sp³-hybridized carbons (Fsp3) is 0.417. The van der Waals surface area contributed by atoms with Crippen molar-refractivity contribution in [2.24, 2.45) is 0 Å².